The van der Waals surface area contributed by atoms with Crippen LogP contribution in [0, 0.1) is 0 Å². The van der Waals surface area contributed by atoms with E-state index in [0.717, 1.165) is 19.3 Å². The maximum absolute atomic E-state index is 12.8. The van der Waals surface area contributed by atoms with Crippen LogP contribution in [-0.4, -0.2) is 51.4 Å². The molecule has 0 aromatic heterocycles. The third-order valence-electron chi connectivity index (χ3n) is 4.26. The molecule has 1 fully saturated rings. The van der Waals surface area contributed by atoms with Crippen LogP contribution in [0.15, 0.2) is 23.1 Å². The van der Waals surface area contributed by atoms with E-state index in [2.05, 4.69) is 5.32 Å². The first-order valence-electron chi connectivity index (χ1n) is 9.02. The molecule has 1 aliphatic heterocycles. The molecule has 0 atom stereocenters. The van der Waals surface area contributed by atoms with E-state index in [4.69, 9.17) is 9.47 Å². The topological polar surface area (TPSA) is 102 Å². The second-order valence-corrected chi connectivity index (χ2v) is 8.12. The molecule has 0 aliphatic carbocycles. The molecule has 0 bridgehead atoms. The second-order valence-electron chi connectivity index (χ2n) is 6.18. The fourth-order valence-corrected chi connectivity index (χ4v) is 4.40. The third-order valence-corrected chi connectivity index (χ3v) is 6.15. The molecule has 1 aromatic carbocycles. The van der Waals surface area contributed by atoms with Gasteiger partial charge in [0, 0.05) is 19.5 Å². The summed E-state index contributed by atoms with van der Waals surface area (Å²) < 4.78 is 37.1. The minimum absolute atomic E-state index is 0.0479. The van der Waals surface area contributed by atoms with Crippen LogP contribution < -0.4 is 10.1 Å². The van der Waals surface area contributed by atoms with E-state index in [1.807, 2.05) is 0 Å². The van der Waals surface area contributed by atoms with Crippen LogP contribution in [0.4, 0.5) is 5.69 Å². The van der Waals surface area contributed by atoms with Gasteiger partial charge in [0.05, 0.1) is 30.7 Å². The Balaban J connectivity index is 2.14. The van der Waals surface area contributed by atoms with Crippen molar-refractivity contribution in [2.45, 2.75) is 43.9 Å². The monoisotopic (exact) mass is 398 g/mol. The second kappa shape index (κ2) is 9.70. The predicted octanol–water partition coefficient (Wildman–Crippen LogP) is 2.15. The van der Waals surface area contributed by atoms with Crippen LogP contribution in [-0.2, 0) is 24.3 Å². The maximum atomic E-state index is 12.8. The van der Waals surface area contributed by atoms with Crippen LogP contribution in [0.3, 0.4) is 0 Å². The van der Waals surface area contributed by atoms with Crippen LogP contribution in [0.5, 0.6) is 5.75 Å². The fourth-order valence-electron chi connectivity index (χ4n) is 2.86. The molecule has 1 heterocycles. The molecule has 1 amide bonds. The molecular formula is C18H26N2O6S. The molecule has 2 rings (SSSR count). The summed E-state index contributed by atoms with van der Waals surface area (Å²) in [4.78, 5) is 23.6. The van der Waals surface area contributed by atoms with E-state index in [9.17, 15) is 18.0 Å². The summed E-state index contributed by atoms with van der Waals surface area (Å²) in [6.45, 7) is 2.94. The van der Waals surface area contributed by atoms with Gasteiger partial charge in [0.15, 0.2) is 0 Å². The van der Waals surface area contributed by atoms with E-state index in [1.165, 1.54) is 29.6 Å². The molecule has 9 heteroatoms. The van der Waals surface area contributed by atoms with Gasteiger partial charge in [-0.15, -0.1) is 0 Å². The van der Waals surface area contributed by atoms with Gasteiger partial charge in [-0.25, -0.2) is 8.42 Å². The van der Waals surface area contributed by atoms with E-state index in [0.29, 0.717) is 18.8 Å². The number of rotatable bonds is 8. The van der Waals surface area contributed by atoms with Crippen molar-refractivity contribution in [3.05, 3.63) is 18.2 Å². The van der Waals surface area contributed by atoms with Gasteiger partial charge < -0.3 is 14.8 Å². The van der Waals surface area contributed by atoms with Gasteiger partial charge in [-0.3, -0.25) is 9.59 Å². The number of piperidine rings is 1. The van der Waals surface area contributed by atoms with Gasteiger partial charge in [0.2, 0.25) is 15.9 Å². The first-order chi connectivity index (χ1) is 12.9. The number of esters is 1. The molecule has 150 valence electrons. The summed E-state index contributed by atoms with van der Waals surface area (Å²) in [6, 6.07) is 4.37. The number of anilines is 1. The van der Waals surface area contributed by atoms with Gasteiger partial charge in [-0.1, -0.05) is 6.42 Å². The van der Waals surface area contributed by atoms with Crippen LogP contribution >= 0.6 is 0 Å². The lowest BCUT2D eigenvalue weighted by Gasteiger charge is -2.26. The highest BCUT2D eigenvalue weighted by atomic mass is 32.2. The average Bonchev–Trinajstić information content (AvgIpc) is 2.67. The third kappa shape index (κ3) is 5.67. The molecule has 1 saturated heterocycles. The first kappa shape index (κ1) is 21.2. The summed E-state index contributed by atoms with van der Waals surface area (Å²) in [7, 11) is -2.19. The van der Waals surface area contributed by atoms with Crippen LogP contribution in [0.25, 0.3) is 0 Å². The zero-order chi connectivity index (χ0) is 19.9. The highest BCUT2D eigenvalue weighted by molar-refractivity contribution is 7.89. The summed E-state index contributed by atoms with van der Waals surface area (Å²) in [6.07, 6.45) is 2.59. The van der Waals surface area contributed by atoms with E-state index >= 15 is 0 Å². The summed E-state index contributed by atoms with van der Waals surface area (Å²) in [5, 5.41) is 2.62. The Labute approximate surface area is 159 Å². The van der Waals surface area contributed by atoms with Crippen molar-refractivity contribution in [3.63, 3.8) is 0 Å². The minimum Gasteiger partial charge on any atom is -0.495 e. The lowest BCUT2D eigenvalue weighted by atomic mass is 10.2. The van der Waals surface area contributed by atoms with E-state index in [-0.39, 0.29) is 30.0 Å². The molecule has 0 spiro atoms. The molecule has 8 nitrogen and oxygen atoms in total. The molecule has 0 unspecified atom stereocenters. The number of hydrogen-bond acceptors (Lipinski definition) is 6. The Morgan fingerprint density at radius 2 is 1.85 bits per heavy atom. The zero-order valence-corrected chi connectivity index (χ0v) is 16.5. The van der Waals surface area contributed by atoms with Crippen molar-refractivity contribution in [2.24, 2.45) is 0 Å². The minimum atomic E-state index is -3.63. The number of amides is 1. The highest BCUT2D eigenvalue weighted by Gasteiger charge is 2.27. The number of benzene rings is 1. The Morgan fingerprint density at radius 1 is 1.15 bits per heavy atom. The number of nitrogens with zero attached hydrogens (tertiary/aromatic N) is 1. The first-order valence-corrected chi connectivity index (χ1v) is 10.5. The zero-order valence-electron chi connectivity index (χ0n) is 15.7. The predicted molar refractivity (Wildman–Crippen MR) is 100 cm³/mol. The summed E-state index contributed by atoms with van der Waals surface area (Å²) in [5.41, 5.74) is 0.254. The van der Waals surface area contributed by atoms with Gasteiger partial charge in [0.25, 0.3) is 0 Å². The average molecular weight is 398 g/mol. The van der Waals surface area contributed by atoms with E-state index < -0.39 is 21.9 Å². The lowest BCUT2D eigenvalue weighted by Crippen LogP contribution is -2.35. The van der Waals surface area contributed by atoms with Crippen LogP contribution in [0.2, 0.25) is 0 Å². The number of methoxy groups -OCH3 is 1. The smallest absolute Gasteiger partial charge is 0.306 e. The number of nitrogens with one attached hydrogen (secondary N) is 1. The molecule has 1 aromatic rings. The van der Waals surface area contributed by atoms with Crippen molar-refractivity contribution in [1.82, 2.24) is 4.31 Å². The SMILES string of the molecule is CCOC(=O)CCC(=O)Nc1cc(S(=O)(=O)N2CCCCC2)ccc1OC. The maximum Gasteiger partial charge on any atom is 0.306 e. The van der Waals surface area contributed by atoms with Crippen LogP contribution in [0.1, 0.15) is 39.0 Å². The van der Waals surface area contributed by atoms with Crippen molar-refractivity contribution >= 4 is 27.6 Å². The Bertz CT molecular complexity index is 772. The molecule has 1 N–H and O–H groups in total. The number of carbonyl (C=O) groups is 2. The largest absolute Gasteiger partial charge is 0.495 e. The molecule has 1 aliphatic rings. The van der Waals surface area contributed by atoms with Crippen molar-refractivity contribution in [1.29, 1.82) is 0 Å². The summed E-state index contributed by atoms with van der Waals surface area (Å²) in [5.74, 6) is -0.535. The molecule has 0 radical (unpaired) electrons. The number of carbonyl (C=O) groups excluding carboxylic acids is 2. The molecule has 27 heavy (non-hydrogen) atoms. The van der Waals surface area contributed by atoms with Crippen molar-refractivity contribution in [3.8, 4) is 5.75 Å². The van der Waals surface area contributed by atoms with Gasteiger partial charge in [0.1, 0.15) is 5.75 Å². The highest BCUT2D eigenvalue weighted by Crippen LogP contribution is 2.30. The fraction of sp³-hybridized carbons (Fsp3) is 0.556. The Hall–Kier alpha value is -2.13. The standard InChI is InChI=1S/C18H26N2O6S/c1-3-26-18(22)10-9-17(21)19-15-13-14(7-8-16(15)25-2)27(23,24)20-11-5-4-6-12-20/h7-8,13H,3-6,9-12H2,1-2H3,(H,19,21). The van der Waals surface area contributed by atoms with Gasteiger partial charge >= 0.3 is 5.97 Å². The van der Waals surface area contributed by atoms with Gasteiger partial charge in [-0.2, -0.15) is 4.31 Å². The quantitative estimate of drug-likeness (QED) is 0.673. The van der Waals surface area contributed by atoms with E-state index in [1.54, 1.807) is 6.92 Å². The van der Waals surface area contributed by atoms with Crippen molar-refractivity contribution in [2.75, 3.05) is 32.1 Å². The lowest BCUT2D eigenvalue weighted by molar-refractivity contribution is -0.144. The van der Waals surface area contributed by atoms with Gasteiger partial charge in [-0.05, 0) is 38.0 Å². The number of sulfonamides is 1. The normalized spacial score (nSPS) is 15.2. The summed E-state index contributed by atoms with van der Waals surface area (Å²) >= 11 is 0. The number of ether oxygens (including phenoxy) is 2. The molecule has 0 saturated carbocycles. The molecular weight excluding hydrogens is 372 g/mol. The Kier molecular flexibility index (Phi) is 7.61. The Morgan fingerprint density at radius 3 is 2.48 bits per heavy atom. The van der Waals surface area contributed by atoms with Crippen molar-refractivity contribution < 1.29 is 27.5 Å². The number of hydrogen-bond donors (Lipinski definition) is 1.